The van der Waals surface area contributed by atoms with Crippen molar-refractivity contribution in [2.24, 2.45) is 0 Å². The second kappa shape index (κ2) is 12.4. The van der Waals surface area contributed by atoms with Crippen molar-refractivity contribution in [3.63, 3.8) is 0 Å². The van der Waals surface area contributed by atoms with Crippen LogP contribution in [0.15, 0.2) is 97.1 Å². The normalized spacial score (nSPS) is 11.8. The van der Waals surface area contributed by atoms with Crippen LogP contribution in [-0.4, -0.2) is 42.3 Å². The van der Waals surface area contributed by atoms with Gasteiger partial charge in [0.25, 0.3) is 5.91 Å². The predicted octanol–water partition coefficient (Wildman–Crippen LogP) is 5.36. The quantitative estimate of drug-likeness (QED) is 0.275. The van der Waals surface area contributed by atoms with Crippen LogP contribution in [0.3, 0.4) is 0 Å². The summed E-state index contributed by atoms with van der Waals surface area (Å²) in [4.78, 5) is 28.9. The summed E-state index contributed by atoms with van der Waals surface area (Å²) < 4.78 is 16.2. The molecule has 0 saturated carbocycles. The molecule has 1 heterocycles. The van der Waals surface area contributed by atoms with Crippen molar-refractivity contribution in [2.45, 2.75) is 19.6 Å². The minimum absolute atomic E-state index is 0.0869. The smallest absolute Gasteiger partial charge is 0.317 e. The van der Waals surface area contributed by atoms with Gasteiger partial charge in [0.1, 0.15) is 5.75 Å². The van der Waals surface area contributed by atoms with Gasteiger partial charge in [-0.15, -0.1) is 0 Å². The minimum Gasteiger partial charge on any atom is -0.497 e. The van der Waals surface area contributed by atoms with E-state index in [1.165, 1.54) is 0 Å². The molecule has 1 N–H and O–H groups in total. The van der Waals surface area contributed by atoms with E-state index in [2.05, 4.69) is 0 Å². The zero-order chi connectivity index (χ0) is 27.9. The van der Waals surface area contributed by atoms with Crippen LogP contribution in [0.5, 0.6) is 17.2 Å². The van der Waals surface area contributed by atoms with Gasteiger partial charge in [-0.25, -0.2) is 0 Å². The molecule has 4 aromatic rings. The average molecular weight is 539 g/mol. The Morgan fingerprint density at radius 1 is 0.775 bits per heavy atom. The molecule has 0 radical (unpaired) electrons. The van der Waals surface area contributed by atoms with Crippen molar-refractivity contribution < 1.29 is 28.9 Å². The standard InChI is InChI=1S/C32H30N2O6/c1-38-28-14-12-27(13-15-28)34(20-25-9-16-29-30(17-25)40-22-39-29)32(37)26-10-7-24(8-11-26)19-33(21-31(35)36)18-23-5-3-2-4-6-23/h2-17H,18-22H2,1H3,(H,35,36). The summed E-state index contributed by atoms with van der Waals surface area (Å²) in [6, 6.07) is 30.1. The van der Waals surface area contributed by atoms with E-state index < -0.39 is 5.97 Å². The van der Waals surface area contributed by atoms with Crippen LogP contribution < -0.4 is 19.1 Å². The number of amides is 1. The number of carboxylic acid groups (broad SMARTS) is 1. The number of aliphatic carboxylic acids is 1. The largest absolute Gasteiger partial charge is 0.497 e. The molecule has 0 saturated heterocycles. The fraction of sp³-hybridized carbons (Fsp3) is 0.188. The van der Waals surface area contributed by atoms with Crippen LogP contribution in [0.1, 0.15) is 27.0 Å². The summed E-state index contributed by atoms with van der Waals surface area (Å²) in [5, 5.41) is 9.42. The van der Waals surface area contributed by atoms with E-state index in [1.54, 1.807) is 24.1 Å². The molecule has 40 heavy (non-hydrogen) atoms. The molecule has 0 aliphatic carbocycles. The highest BCUT2D eigenvalue weighted by Gasteiger charge is 2.21. The van der Waals surface area contributed by atoms with Gasteiger partial charge in [-0.2, -0.15) is 0 Å². The lowest BCUT2D eigenvalue weighted by Crippen LogP contribution is -2.30. The van der Waals surface area contributed by atoms with E-state index >= 15 is 0 Å². The van der Waals surface area contributed by atoms with Crippen LogP contribution in [0.4, 0.5) is 5.69 Å². The number of methoxy groups -OCH3 is 1. The highest BCUT2D eigenvalue weighted by atomic mass is 16.7. The van der Waals surface area contributed by atoms with Gasteiger partial charge in [0.05, 0.1) is 20.2 Å². The minimum atomic E-state index is -0.888. The first-order valence-electron chi connectivity index (χ1n) is 12.9. The number of benzene rings is 4. The molecule has 1 aliphatic heterocycles. The Morgan fingerprint density at radius 2 is 1.43 bits per heavy atom. The number of ether oxygens (including phenoxy) is 3. The number of anilines is 1. The van der Waals surface area contributed by atoms with E-state index in [0.29, 0.717) is 42.4 Å². The molecule has 0 aromatic heterocycles. The van der Waals surface area contributed by atoms with Crippen LogP contribution in [-0.2, 0) is 24.4 Å². The van der Waals surface area contributed by atoms with Crippen molar-refractivity contribution in [3.8, 4) is 17.2 Å². The second-order valence-electron chi connectivity index (χ2n) is 9.50. The molecule has 204 valence electrons. The maximum absolute atomic E-state index is 13.8. The highest BCUT2D eigenvalue weighted by molar-refractivity contribution is 6.06. The molecule has 0 spiro atoms. The Morgan fingerprint density at radius 3 is 2.10 bits per heavy atom. The van der Waals surface area contributed by atoms with Crippen LogP contribution in [0, 0.1) is 0 Å². The van der Waals surface area contributed by atoms with Gasteiger partial charge < -0.3 is 24.2 Å². The van der Waals surface area contributed by atoms with E-state index in [4.69, 9.17) is 14.2 Å². The first kappa shape index (κ1) is 26.8. The van der Waals surface area contributed by atoms with E-state index in [1.807, 2.05) is 89.8 Å². The summed E-state index contributed by atoms with van der Waals surface area (Å²) in [7, 11) is 1.60. The van der Waals surface area contributed by atoms with E-state index in [0.717, 1.165) is 22.4 Å². The monoisotopic (exact) mass is 538 g/mol. The molecule has 1 aliphatic rings. The zero-order valence-electron chi connectivity index (χ0n) is 22.2. The van der Waals surface area contributed by atoms with Crippen molar-refractivity contribution >= 4 is 17.6 Å². The van der Waals surface area contributed by atoms with Crippen LogP contribution >= 0.6 is 0 Å². The van der Waals surface area contributed by atoms with Gasteiger partial charge in [0.15, 0.2) is 11.5 Å². The molecule has 8 nitrogen and oxygen atoms in total. The summed E-state index contributed by atoms with van der Waals surface area (Å²) in [5.41, 5.74) is 4.10. The molecule has 5 rings (SSSR count). The van der Waals surface area contributed by atoms with E-state index in [9.17, 15) is 14.7 Å². The number of nitrogens with zero attached hydrogens (tertiary/aromatic N) is 2. The van der Waals surface area contributed by atoms with Crippen LogP contribution in [0.25, 0.3) is 0 Å². The number of hydrogen-bond donors (Lipinski definition) is 1. The summed E-state index contributed by atoms with van der Waals surface area (Å²) in [6.45, 7) is 1.37. The molecule has 4 aromatic carbocycles. The number of carboxylic acids is 1. The molecule has 1 amide bonds. The lowest BCUT2D eigenvalue weighted by molar-refractivity contribution is -0.138. The highest BCUT2D eigenvalue weighted by Crippen LogP contribution is 2.33. The van der Waals surface area contributed by atoms with Gasteiger partial charge in [0.2, 0.25) is 6.79 Å². The van der Waals surface area contributed by atoms with E-state index in [-0.39, 0.29) is 19.2 Å². The third-order valence-corrected chi connectivity index (χ3v) is 6.62. The Balaban J connectivity index is 1.35. The number of carbonyl (C=O) groups is 2. The topological polar surface area (TPSA) is 88.5 Å². The lowest BCUT2D eigenvalue weighted by Gasteiger charge is -2.24. The number of carbonyl (C=O) groups excluding carboxylic acids is 1. The van der Waals surface area contributed by atoms with Crippen molar-refractivity contribution in [2.75, 3.05) is 25.3 Å². The molecule has 8 heteroatoms. The summed E-state index contributed by atoms with van der Waals surface area (Å²) >= 11 is 0. The first-order valence-corrected chi connectivity index (χ1v) is 12.9. The summed E-state index contributed by atoms with van der Waals surface area (Å²) in [5.74, 6) is 0.990. The molecule has 0 bridgehead atoms. The molecule has 0 unspecified atom stereocenters. The SMILES string of the molecule is COc1ccc(N(Cc2ccc3c(c2)OCO3)C(=O)c2ccc(CN(CC(=O)O)Cc3ccccc3)cc2)cc1. The maximum atomic E-state index is 13.8. The maximum Gasteiger partial charge on any atom is 0.317 e. The van der Waals surface area contributed by atoms with Gasteiger partial charge in [-0.3, -0.25) is 14.5 Å². The van der Waals surface area contributed by atoms with Crippen LogP contribution in [0.2, 0.25) is 0 Å². The number of fused-ring (bicyclic) bond motifs is 1. The number of rotatable bonds is 11. The average Bonchev–Trinajstić information content (AvgIpc) is 3.44. The molecule has 0 fully saturated rings. The van der Waals surface area contributed by atoms with Crippen molar-refractivity contribution in [1.29, 1.82) is 0 Å². The van der Waals surface area contributed by atoms with Gasteiger partial charge in [-0.05, 0) is 65.2 Å². The fourth-order valence-electron chi connectivity index (χ4n) is 4.63. The van der Waals surface area contributed by atoms with Crippen molar-refractivity contribution in [3.05, 3.63) is 119 Å². The third-order valence-electron chi connectivity index (χ3n) is 6.62. The molecular formula is C32H30N2O6. The van der Waals surface area contributed by atoms with Gasteiger partial charge >= 0.3 is 5.97 Å². The Labute approximate surface area is 232 Å². The lowest BCUT2D eigenvalue weighted by atomic mass is 10.1. The zero-order valence-corrected chi connectivity index (χ0v) is 22.2. The Kier molecular flexibility index (Phi) is 8.27. The molecule has 0 atom stereocenters. The third kappa shape index (κ3) is 6.59. The summed E-state index contributed by atoms with van der Waals surface area (Å²) in [6.07, 6.45) is 0. The van der Waals surface area contributed by atoms with Crippen molar-refractivity contribution in [1.82, 2.24) is 4.90 Å². The Bertz CT molecular complexity index is 1460. The predicted molar refractivity (Wildman–Crippen MR) is 151 cm³/mol. The molecular weight excluding hydrogens is 508 g/mol. The van der Waals surface area contributed by atoms with Gasteiger partial charge in [-0.1, -0.05) is 48.5 Å². The second-order valence-corrected chi connectivity index (χ2v) is 9.50. The fourth-order valence-corrected chi connectivity index (χ4v) is 4.63. The first-order chi connectivity index (χ1) is 19.5. The van der Waals surface area contributed by atoms with Gasteiger partial charge in [0, 0.05) is 24.3 Å². The Hall–Kier alpha value is -4.82. The number of hydrogen-bond acceptors (Lipinski definition) is 6.